The molecule has 4 nitrogen and oxygen atoms in total. The first-order chi connectivity index (χ1) is 42.2. The SMILES string of the molecule is CC(CC(C)CC(C)CC(C)CC(C)CC(C)(C)C#N)CC(C)CC(C)CC(C)CC(C)CC(C)(SC(=S)c1ccccc1)C(=O)OCCCCCCCCCCCCn1c2ccccc2c2cc(-c3ccc4ccc5cccc6ccc3c4c56)ccc21. The van der Waals surface area contributed by atoms with Gasteiger partial charge >= 0.3 is 5.97 Å². The van der Waals surface area contributed by atoms with E-state index < -0.39 is 4.75 Å². The number of fused-ring (bicyclic) bond motifs is 3. The van der Waals surface area contributed by atoms with Gasteiger partial charge in [-0.15, -0.1) is 0 Å². The van der Waals surface area contributed by atoms with E-state index in [0.29, 0.717) is 42.1 Å². The zero-order valence-corrected chi connectivity index (χ0v) is 58.0. The minimum absolute atomic E-state index is 0.115. The summed E-state index contributed by atoms with van der Waals surface area (Å²) in [5, 5.41) is 20.2. The van der Waals surface area contributed by atoms with Gasteiger partial charge in [0.25, 0.3) is 0 Å². The van der Waals surface area contributed by atoms with Crippen molar-refractivity contribution >= 4 is 88.3 Å². The summed E-state index contributed by atoms with van der Waals surface area (Å²) in [6.45, 7) is 29.6. The summed E-state index contributed by atoms with van der Waals surface area (Å²) in [6, 6.07) is 49.3. The van der Waals surface area contributed by atoms with Crippen LogP contribution in [0, 0.1) is 70.0 Å². The van der Waals surface area contributed by atoms with Gasteiger partial charge in [0, 0.05) is 28.4 Å². The molecule has 10 unspecified atom stereocenters. The van der Waals surface area contributed by atoms with Crippen LogP contribution in [0.2, 0.25) is 0 Å². The van der Waals surface area contributed by atoms with Crippen molar-refractivity contribution in [1.29, 1.82) is 5.26 Å². The van der Waals surface area contributed by atoms with Crippen LogP contribution >= 0.6 is 24.0 Å². The minimum Gasteiger partial charge on any atom is -0.465 e. The summed E-state index contributed by atoms with van der Waals surface area (Å²) in [7, 11) is 0. The predicted molar refractivity (Wildman–Crippen MR) is 388 cm³/mol. The standard InChI is InChI=1S/C82H110N2O2S2/c1-57(45-58(2)47-60(4)49-62(6)51-64(8)54-81(10,11)56-83)46-59(3)48-61(5)50-63(7)52-65(9)55-82(12,88-79(87)69-29-22-21-23-30-69)80(85)86-44-27-20-18-16-14-13-15-17-19-26-43-84-75-34-25-24-33-72(75)74-53-70(39-42-76(74)84)71-40-37-68-36-35-66-31-28-32-67-38-41-73(71)78(68)77(66)67/h21-25,28-42,53,57-65H,13-20,26-27,43-52,54-55H2,1-12H3. The van der Waals surface area contributed by atoms with E-state index in [2.05, 4.69) is 203 Å². The van der Waals surface area contributed by atoms with E-state index in [0.717, 1.165) is 66.2 Å². The fraction of sp³-hybridized carbons (Fsp3) is 0.549. The second-order valence-electron chi connectivity index (χ2n) is 29.8. The number of ether oxygens (including phenoxy) is 1. The number of carbonyl (C=O) groups is 1. The number of benzene rings is 7. The number of para-hydroxylation sites is 1. The number of rotatable bonds is 37. The number of aryl methyl sites for hydroxylation is 1. The van der Waals surface area contributed by atoms with E-state index in [1.165, 1.54) is 173 Å². The maximum absolute atomic E-state index is 14.2. The van der Waals surface area contributed by atoms with E-state index >= 15 is 0 Å². The van der Waals surface area contributed by atoms with Crippen LogP contribution in [0.25, 0.3) is 65.3 Å². The first kappa shape index (κ1) is 68.7. The lowest BCUT2D eigenvalue weighted by atomic mass is 9.78. The first-order valence-electron chi connectivity index (χ1n) is 34.8. The van der Waals surface area contributed by atoms with Crippen molar-refractivity contribution in [3.63, 3.8) is 0 Å². The second kappa shape index (κ2) is 32.7. The molecule has 0 N–H and O–H groups in total. The lowest BCUT2D eigenvalue weighted by Crippen LogP contribution is -2.37. The molecule has 6 heteroatoms. The summed E-state index contributed by atoms with van der Waals surface area (Å²) in [4.78, 5) is 14.2. The van der Waals surface area contributed by atoms with E-state index in [4.69, 9.17) is 17.0 Å². The molecule has 0 aliphatic rings. The van der Waals surface area contributed by atoms with Crippen LogP contribution in [0.5, 0.6) is 0 Å². The quantitative estimate of drug-likeness (QED) is 0.0168. The minimum atomic E-state index is -0.744. The number of thioether (sulfide) groups is 1. The van der Waals surface area contributed by atoms with Crippen LogP contribution in [-0.2, 0) is 16.1 Å². The molecular weight excluding hydrogens is 1110 g/mol. The van der Waals surface area contributed by atoms with Gasteiger partial charge in [-0.2, -0.15) is 5.26 Å². The molecule has 7 aromatic carbocycles. The Labute approximate surface area is 542 Å². The summed E-state index contributed by atoms with van der Waals surface area (Å²) >= 11 is 7.55. The Morgan fingerprint density at radius 1 is 0.489 bits per heavy atom. The van der Waals surface area contributed by atoms with Gasteiger partial charge in [0.2, 0.25) is 0 Å². The first-order valence-corrected chi connectivity index (χ1v) is 36.0. The smallest absolute Gasteiger partial charge is 0.322 e. The third kappa shape index (κ3) is 19.2. The molecule has 1 aromatic heterocycles. The molecule has 0 amide bonds. The third-order valence-corrected chi connectivity index (χ3v) is 21.4. The fourth-order valence-electron chi connectivity index (χ4n) is 16.5. The average Bonchev–Trinajstić information content (AvgIpc) is 1.09. The summed E-state index contributed by atoms with van der Waals surface area (Å²) in [5.41, 5.74) is 6.02. The zero-order chi connectivity index (χ0) is 63.0. The zero-order valence-electron chi connectivity index (χ0n) is 56.4. The predicted octanol–water partition coefficient (Wildman–Crippen LogP) is 24.8. The van der Waals surface area contributed by atoms with Crippen LogP contribution in [0.1, 0.15) is 217 Å². The lowest BCUT2D eigenvalue weighted by molar-refractivity contribution is -0.146. The van der Waals surface area contributed by atoms with Crippen LogP contribution < -0.4 is 0 Å². The number of hydrogen-bond donors (Lipinski definition) is 0. The Hall–Kier alpha value is -5.22. The molecule has 0 aliphatic heterocycles. The fourth-order valence-corrected chi connectivity index (χ4v) is 18.3. The molecule has 472 valence electrons. The molecular formula is C82H110N2O2S2. The van der Waals surface area contributed by atoms with Crippen LogP contribution in [0.4, 0.5) is 0 Å². The Kier molecular flexibility index (Phi) is 25.5. The topological polar surface area (TPSA) is 55.0 Å². The molecule has 8 rings (SSSR count). The highest BCUT2D eigenvalue weighted by atomic mass is 32.2. The number of hydrogen-bond acceptors (Lipinski definition) is 5. The number of carbonyl (C=O) groups excluding carboxylic acids is 1. The van der Waals surface area contributed by atoms with Crippen molar-refractivity contribution < 1.29 is 9.53 Å². The number of aromatic nitrogens is 1. The largest absolute Gasteiger partial charge is 0.465 e. The summed E-state index contributed by atoms with van der Waals surface area (Å²) in [5.74, 6) is 5.74. The maximum atomic E-state index is 14.2. The van der Waals surface area contributed by atoms with Crippen molar-refractivity contribution in [2.24, 2.45) is 58.7 Å². The molecule has 10 atom stereocenters. The Morgan fingerprint density at radius 2 is 0.955 bits per heavy atom. The molecule has 0 saturated heterocycles. The van der Waals surface area contributed by atoms with Gasteiger partial charge in [-0.3, -0.25) is 4.79 Å². The Balaban J connectivity index is 0.714. The molecule has 0 aliphatic carbocycles. The van der Waals surface area contributed by atoms with Crippen LogP contribution in [0.3, 0.4) is 0 Å². The highest BCUT2D eigenvalue weighted by Gasteiger charge is 2.39. The van der Waals surface area contributed by atoms with Crippen molar-refractivity contribution in [2.75, 3.05) is 6.61 Å². The van der Waals surface area contributed by atoms with Gasteiger partial charge in [-0.05, 0) is 218 Å². The normalized spacial score (nSPS) is 16.1. The highest BCUT2D eigenvalue weighted by molar-refractivity contribution is 8.25. The van der Waals surface area contributed by atoms with E-state index in [-0.39, 0.29) is 11.4 Å². The lowest BCUT2D eigenvalue weighted by Gasteiger charge is -2.31. The number of nitrogens with zero attached hydrogens (tertiary/aromatic N) is 2. The van der Waals surface area contributed by atoms with Crippen LogP contribution in [-0.4, -0.2) is 26.1 Å². The van der Waals surface area contributed by atoms with E-state index in [1.54, 1.807) is 0 Å². The molecule has 0 radical (unpaired) electrons. The average molecular weight is 1220 g/mol. The molecule has 0 fully saturated rings. The molecule has 88 heavy (non-hydrogen) atoms. The summed E-state index contributed by atoms with van der Waals surface area (Å²) < 4.78 is 8.75. The third-order valence-electron chi connectivity index (χ3n) is 19.7. The Bertz CT molecular complexity index is 3500. The number of unbranched alkanes of at least 4 members (excludes halogenated alkanes) is 9. The van der Waals surface area contributed by atoms with E-state index in [1.807, 2.05) is 18.2 Å². The van der Waals surface area contributed by atoms with Crippen molar-refractivity contribution in [1.82, 2.24) is 4.57 Å². The van der Waals surface area contributed by atoms with Gasteiger partial charge in [-0.25, -0.2) is 0 Å². The van der Waals surface area contributed by atoms with Gasteiger partial charge in [0.15, 0.2) is 0 Å². The summed E-state index contributed by atoms with van der Waals surface area (Å²) in [6.07, 6.45) is 23.7. The van der Waals surface area contributed by atoms with Gasteiger partial charge in [-0.1, -0.05) is 247 Å². The number of thiocarbonyl (C=S) groups is 1. The maximum Gasteiger partial charge on any atom is 0.322 e. The second-order valence-corrected chi connectivity index (χ2v) is 31.9. The van der Waals surface area contributed by atoms with Gasteiger partial charge in [0.05, 0.1) is 22.3 Å². The monoisotopic (exact) mass is 1220 g/mol. The molecule has 1 heterocycles. The van der Waals surface area contributed by atoms with Gasteiger partial charge < -0.3 is 9.30 Å². The van der Waals surface area contributed by atoms with Crippen molar-refractivity contribution in [3.05, 3.63) is 133 Å². The van der Waals surface area contributed by atoms with E-state index in [9.17, 15) is 10.1 Å². The molecule has 0 spiro atoms. The molecule has 0 saturated carbocycles. The van der Waals surface area contributed by atoms with Gasteiger partial charge in [0.1, 0.15) is 4.75 Å². The molecule has 8 aromatic rings. The highest BCUT2D eigenvalue weighted by Crippen LogP contribution is 2.43. The van der Waals surface area contributed by atoms with Crippen LogP contribution in [0.15, 0.2) is 127 Å². The number of nitriles is 1. The Morgan fingerprint density at radius 3 is 1.52 bits per heavy atom. The molecule has 0 bridgehead atoms. The van der Waals surface area contributed by atoms with Crippen molar-refractivity contribution in [3.8, 4) is 17.2 Å². The van der Waals surface area contributed by atoms with Crippen molar-refractivity contribution in [2.45, 2.75) is 223 Å². The number of esters is 1.